The molecule has 106 valence electrons. The van der Waals surface area contributed by atoms with Crippen LogP contribution in [-0.2, 0) is 19.1 Å². The molecule has 1 atom stereocenters. The Morgan fingerprint density at radius 1 is 0.944 bits per heavy atom. The van der Waals surface area contributed by atoms with Crippen molar-refractivity contribution in [1.82, 2.24) is 0 Å². The van der Waals surface area contributed by atoms with Gasteiger partial charge in [0.1, 0.15) is 0 Å². The minimum absolute atomic E-state index is 0.0829. The molecule has 0 bridgehead atoms. The van der Waals surface area contributed by atoms with Gasteiger partial charge in [-0.05, 0) is 40.0 Å². The summed E-state index contributed by atoms with van der Waals surface area (Å²) in [6.07, 6.45) is -0.333. The van der Waals surface area contributed by atoms with Crippen LogP contribution in [-0.4, -0.2) is 35.9 Å². The van der Waals surface area contributed by atoms with Crippen LogP contribution in [0.5, 0.6) is 0 Å². The molecule has 0 aromatic rings. The average molecular weight is 260 g/mol. The van der Waals surface area contributed by atoms with Gasteiger partial charge in [0.25, 0.3) is 0 Å². The first-order valence-electron chi connectivity index (χ1n) is 6.29. The molecule has 0 rings (SSSR count). The third-order valence-corrected chi connectivity index (χ3v) is 2.22. The molecule has 18 heavy (non-hydrogen) atoms. The van der Waals surface area contributed by atoms with Crippen LogP contribution in [0.4, 0.5) is 0 Å². The third-order valence-electron chi connectivity index (χ3n) is 2.22. The first-order valence-corrected chi connectivity index (χ1v) is 6.29. The van der Waals surface area contributed by atoms with Gasteiger partial charge in [-0.1, -0.05) is 6.92 Å². The fourth-order valence-corrected chi connectivity index (χ4v) is 1.39. The topological polar surface area (TPSA) is 72.8 Å². The summed E-state index contributed by atoms with van der Waals surface area (Å²) in [6, 6.07) is 0. The highest BCUT2D eigenvalue weighted by Gasteiger charge is 2.32. The van der Waals surface area contributed by atoms with E-state index in [2.05, 4.69) is 0 Å². The van der Waals surface area contributed by atoms with E-state index in [1.54, 1.807) is 34.6 Å². The molecule has 0 saturated heterocycles. The third kappa shape index (κ3) is 6.59. The van der Waals surface area contributed by atoms with E-state index in [9.17, 15) is 9.59 Å². The molecule has 5 heteroatoms. The van der Waals surface area contributed by atoms with Crippen LogP contribution in [0, 0.1) is 11.8 Å². The van der Waals surface area contributed by atoms with Gasteiger partial charge in [-0.25, -0.2) is 0 Å². The Balaban J connectivity index is 4.70. The normalized spacial score (nSPS) is 12.9. The number of hydrogen-bond acceptors (Lipinski definition) is 5. The number of carbonyl (C=O) groups excluding carboxylic acids is 2. The zero-order chi connectivity index (χ0) is 14.3. The Morgan fingerprint density at radius 2 is 1.33 bits per heavy atom. The van der Waals surface area contributed by atoms with E-state index in [1.807, 2.05) is 0 Å². The summed E-state index contributed by atoms with van der Waals surface area (Å²) in [5.74, 6) is -2.29. The lowest BCUT2D eigenvalue weighted by molar-refractivity contribution is -0.167. The van der Waals surface area contributed by atoms with Crippen molar-refractivity contribution in [2.45, 2.75) is 53.2 Å². The predicted molar refractivity (Wildman–Crippen MR) is 66.8 cm³/mol. The summed E-state index contributed by atoms with van der Waals surface area (Å²) in [7, 11) is 0. The van der Waals surface area contributed by atoms with Crippen LogP contribution >= 0.6 is 0 Å². The van der Waals surface area contributed by atoms with E-state index in [0.29, 0.717) is 0 Å². The van der Waals surface area contributed by atoms with Gasteiger partial charge in [0.2, 0.25) is 0 Å². The zero-order valence-corrected chi connectivity index (χ0v) is 11.8. The molecule has 1 unspecified atom stereocenters. The van der Waals surface area contributed by atoms with Crippen LogP contribution in [0.1, 0.15) is 41.0 Å². The van der Waals surface area contributed by atoms with Gasteiger partial charge >= 0.3 is 11.9 Å². The monoisotopic (exact) mass is 260 g/mol. The first-order chi connectivity index (χ1) is 8.27. The Morgan fingerprint density at radius 3 is 1.61 bits per heavy atom. The minimum atomic E-state index is -0.961. The lowest BCUT2D eigenvalue weighted by atomic mass is 9.96. The van der Waals surface area contributed by atoms with Crippen molar-refractivity contribution in [3.8, 4) is 0 Å². The van der Waals surface area contributed by atoms with Gasteiger partial charge in [0.05, 0.1) is 12.2 Å². The number of esters is 2. The number of rotatable bonds is 7. The van der Waals surface area contributed by atoms with Crippen LogP contribution < -0.4 is 0 Å². The van der Waals surface area contributed by atoms with Crippen LogP contribution in [0.3, 0.4) is 0 Å². The molecule has 0 fully saturated rings. The van der Waals surface area contributed by atoms with E-state index in [-0.39, 0.29) is 31.2 Å². The largest absolute Gasteiger partial charge is 0.462 e. The van der Waals surface area contributed by atoms with E-state index < -0.39 is 17.9 Å². The molecule has 0 amide bonds. The lowest BCUT2D eigenvalue weighted by Gasteiger charge is -2.20. The van der Waals surface area contributed by atoms with Crippen molar-refractivity contribution in [1.29, 1.82) is 0 Å². The molecule has 5 nitrogen and oxygen atoms in total. The molecule has 1 N–H and O–H groups in total. The highest BCUT2D eigenvalue weighted by Crippen LogP contribution is 2.17. The highest BCUT2D eigenvalue weighted by atomic mass is 16.6. The second-order valence-corrected chi connectivity index (χ2v) is 5.05. The Hall–Kier alpha value is -1.10. The van der Waals surface area contributed by atoms with Gasteiger partial charge in [0, 0.05) is 6.61 Å². The maximum Gasteiger partial charge on any atom is 0.320 e. The first kappa shape index (κ1) is 16.9. The molecule has 0 spiro atoms. The van der Waals surface area contributed by atoms with Crippen molar-refractivity contribution in [3.05, 3.63) is 0 Å². The smallest absolute Gasteiger partial charge is 0.320 e. The molecular formula is C13H24O5. The SMILES string of the molecule is CC(CO)CC(C(=O)OC(C)C)C(=O)OC(C)C. The molecule has 0 aliphatic heterocycles. The molecule has 0 aromatic carbocycles. The molecule has 0 aliphatic carbocycles. The zero-order valence-electron chi connectivity index (χ0n) is 11.8. The van der Waals surface area contributed by atoms with Crippen LogP contribution in [0.2, 0.25) is 0 Å². The Labute approximate surface area is 108 Å². The van der Waals surface area contributed by atoms with Crippen molar-refractivity contribution in [2.75, 3.05) is 6.61 Å². The summed E-state index contributed by atoms with van der Waals surface area (Å²) < 4.78 is 10.1. The summed E-state index contributed by atoms with van der Waals surface area (Å²) in [5.41, 5.74) is 0. The average Bonchev–Trinajstić information content (AvgIpc) is 2.22. The number of aliphatic hydroxyl groups excluding tert-OH is 1. The summed E-state index contributed by atoms with van der Waals surface area (Å²) in [6.45, 7) is 8.56. The van der Waals surface area contributed by atoms with Crippen molar-refractivity contribution in [3.63, 3.8) is 0 Å². The number of ether oxygens (including phenoxy) is 2. The summed E-state index contributed by atoms with van der Waals surface area (Å²) >= 11 is 0. The lowest BCUT2D eigenvalue weighted by Crippen LogP contribution is -2.32. The van der Waals surface area contributed by atoms with Crippen LogP contribution in [0.15, 0.2) is 0 Å². The Bertz CT molecular complexity index is 251. The fourth-order valence-electron chi connectivity index (χ4n) is 1.39. The van der Waals surface area contributed by atoms with Gasteiger partial charge in [-0.3, -0.25) is 9.59 Å². The molecule has 0 heterocycles. The summed E-state index contributed by atoms with van der Waals surface area (Å²) in [5, 5.41) is 9.01. The van der Waals surface area contributed by atoms with Gasteiger partial charge in [-0.15, -0.1) is 0 Å². The second-order valence-electron chi connectivity index (χ2n) is 5.05. The van der Waals surface area contributed by atoms with E-state index in [1.165, 1.54) is 0 Å². The number of hydrogen-bond donors (Lipinski definition) is 1. The summed E-state index contributed by atoms with van der Waals surface area (Å²) in [4.78, 5) is 23.6. The fraction of sp³-hybridized carbons (Fsp3) is 0.846. The molecular weight excluding hydrogens is 236 g/mol. The van der Waals surface area contributed by atoms with Gasteiger partial charge in [0.15, 0.2) is 5.92 Å². The maximum absolute atomic E-state index is 11.8. The van der Waals surface area contributed by atoms with Crippen molar-refractivity contribution >= 4 is 11.9 Å². The molecule has 0 radical (unpaired) electrons. The highest BCUT2D eigenvalue weighted by molar-refractivity contribution is 5.95. The van der Waals surface area contributed by atoms with Crippen molar-refractivity contribution in [2.24, 2.45) is 11.8 Å². The molecule has 0 saturated carbocycles. The predicted octanol–water partition coefficient (Wildman–Crippen LogP) is 1.52. The maximum atomic E-state index is 11.8. The number of carbonyl (C=O) groups is 2. The quantitative estimate of drug-likeness (QED) is 0.555. The Kier molecular flexibility index (Phi) is 7.59. The molecule has 0 aliphatic rings. The van der Waals surface area contributed by atoms with Gasteiger partial charge in [-0.2, -0.15) is 0 Å². The van der Waals surface area contributed by atoms with E-state index >= 15 is 0 Å². The van der Waals surface area contributed by atoms with Crippen LogP contribution in [0.25, 0.3) is 0 Å². The van der Waals surface area contributed by atoms with E-state index in [0.717, 1.165) is 0 Å². The number of aliphatic hydroxyl groups is 1. The van der Waals surface area contributed by atoms with Gasteiger partial charge < -0.3 is 14.6 Å². The minimum Gasteiger partial charge on any atom is -0.462 e. The molecule has 0 aromatic heterocycles. The van der Waals surface area contributed by atoms with Crippen molar-refractivity contribution < 1.29 is 24.2 Å². The second kappa shape index (κ2) is 8.08. The standard InChI is InChI=1S/C13H24O5/c1-8(2)17-12(15)11(6-10(5)7-14)13(16)18-9(3)4/h8-11,14H,6-7H2,1-5H3. The van der Waals surface area contributed by atoms with E-state index in [4.69, 9.17) is 14.6 Å².